The summed E-state index contributed by atoms with van der Waals surface area (Å²) in [6.07, 6.45) is 0. The van der Waals surface area contributed by atoms with E-state index in [1.807, 2.05) is 0 Å². The number of carbonyl (C=O) groups excluding carboxylic acids is 2. The van der Waals surface area contributed by atoms with Crippen LogP contribution in [-0.2, 0) is 11.3 Å². The zero-order chi connectivity index (χ0) is 19.8. The Labute approximate surface area is 153 Å². The highest BCUT2D eigenvalue weighted by Gasteiger charge is 2.15. The van der Waals surface area contributed by atoms with Crippen molar-refractivity contribution in [2.75, 3.05) is 13.7 Å². The van der Waals surface area contributed by atoms with Crippen LogP contribution in [0.3, 0.4) is 0 Å². The number of amides is 2. The van der Waals surface area contributed by atoms with Gasteiger partial charge in [-0.25, -0.2) is 4.39 Å². The van der Waals surface area contributed by atoms with Gasteiger partial charge in [0.15, 0.2) is 11.5 Å². The predicted octanol–water partition coefficient (Wildman–Crippen LogP) is 2.48. The Morgan fingerprint density at radius 1 is 1.07 bits per heavy atom. The molecule has 2 aromatic rings. The van der Waals surface area contributed by atoms with Gasteiger partial charge in [0.1, 0.15) is 5.82 Å². The summed E-state index contributed by atoms with van der Waals surface area (Å²) in [6, 6.07) is 9.62. The molecule has 2 amide bonds. The van der Waals surface area contributed by atoms with Gasteiger partial charge in [0.05, 0.1) is 13.7 Å². The largest absolute Gasteiger partial charge is 0.493 e. The van der Waals surface area contributed by atoms with E-state index < -0.39 is 24.2 Å². The topological polar surface area (TPSA) is 76.7 Å². The average molecular weight is 382 g/mol. The second-order valence-electron chi connectivity index (χ2n) is 5.29. The molecule has 9 heteroatoms. The predicted molar refractivity (Wildman–Crippen MR) is 90.2 cm³/mol. The molecule has 2 rings (SSSR count). The first kappa shape index (κ1) is 20.1. The lowest BCUT2D eigenvalue weighted by atomic mass is 10.2. The van der Waals surface area contributed by atoms with Gasteiger partial charge >= 0.3 is 6.61 Å². The molecule has 2 aromatic carbocycles. The van der Waals surface area contributed by atoms with Gasteiger partial charge in [-0.05, 0) is 24.3 Å². The van der Waals surface area contributed by atoms with Gasteiger partial charge in [0, 0.05) is 17.7 Å². The van der Waals surface area contributed by atoms with Gasteiger partial charge in [-0.15, -0.1) is 0 Å². The van der Waals surface area contributed by atoms with E-state index in [0.29, 0.717) is 5.56 Å². The van der Waals surface area contributed by atoms with Crippen LogP contribution in [-0.4, -0.2) is 32.1 Å². The van der Waals surface area contributed by atoms with Crippen LogP contribution in [0.25, 0.3) is 0 Å². The molecule has 0 fully saturated rings. The van der Waals surface area contributed by atoms with E-state index in [9.17, 15) is 22.8 Å². The highest BCUT2D eigenvalue weighted by atomic mass is 19.3. The Morgan fingerprint density at radius 3 is 2.48 bits per heavy atom. The Kier molecular flexibility index (Phi) is 7.04. The first-order valence-corrected chi connectivity index (χ1v) is 7.82. The molecule has 27 heavy (non-hydrogen) atoms. The molecule has 144 valence electrons. The van der Waals surface area contributed by atoms with Gasteiger partial charge in [-0.2, -0.15) is 8.78 Å². The highest BCUT2D eigenvalue weighted by molar-refractivity contribution is 5.97. The Bertz CT molecular complexity index is 815. The molecule has 0 saturated carbocycles. The average Bonchev–Trinajstić information content (AvgIpc) is 2.65. The van der Waals surface area contributed by atoms with E-state index in [2.05, 4.69) is 15.4 Å². The summed E-state index contributed by atoms with van der Waals surface area (Å²) in [6.45, 7) is -3.39. The first-order chi connectivity index (χ1) is 12.9. The second-order valence-corrected chi connectivity index (χ2v) is 5.29. The summed E-state index contributed by atoms with van der Waals surface area (Å²) in [4.78, 5) is 23.9. The number of hydrogen-bond donors (Lipinski definition) is 2. The maximum absolute atomic E-state index is 13.5. The minimum atomic E-state index is -3.03. The fourth-order valence-corrected chi connectivity index (χ4v) is 2.16. The van der Waals surface area contributed by atoms with Gasteiger partial charge < -0.3 is 20.1 Å². The molecule has 0 unspecified atom stereocenters. The quantitative estimate of drug-likeness (QED) is 0.736. The van der Waals surface area contributed by atoms with Gasteiger partial charge in [-0.1, -0.05) is 18.2 Å². The zero-order valence-corrected chi connectivity index (χ0v) is 14.3. The Hall–Kier alpha value is -3.23. The van der Waals surface area contributed by atoms with Crippen molar-refractivity contribution in [1.82, 2.24) is 10.6 Å². The van der Waals surface area contributed by atoms with Gasteiger partial charge in [-0.3, -0.25) is 9.59 Å². The minimum Gasteiger partial charge on any atom is -0.493 e. The van der Waals surface area contributed by atoms with Crippen LogP contribution in [0.5, 0.6) is 11.5 Å². The van der Waals surface area contributed by atoms with Gasteiger partial charge in [0.25, 0.3) is 5.91 Å². The summed E-state index contributed by atoms with van der Waals surface area (Å²) in [5.74, 6) is -1.84. The van der Waals surface area contributed by atoms with Crippen molar-refractivity contribution in [1.29, 1.82) is 0 Å². The molecule has 0 radical (unpaired) electrons. The van der Waals surface area contributed by atoms with Crippen molar-refractivity contribution in [3.05, 3.63) is 59.4 Å². The molecule has 0 heterocycles. The van der Waals surface area contributed by atoms with Crippen molar-refractivity contribution in [2.24, 2.45) is 0 Å². The fraction of sp³-hybridized carbons (Fsp3) is 0.222. The summed E-state index contributed by atoms with van der Waals surface area (Å²) in [5.41, 5.74) is 0.409. The molecule has 0 bridgehead atoms. The number of rotatable bonds is 8. The SMILES string of the molecule is COc1cc(C(=O)NCC(=O)NCc2ccccc2F)ccc1OC(F)F. The Balaban J connectivity index is 1.89. The second kappa shape index (κ2) is 9.46. The summed E-state index contributed by atoms with van der Waals surface area (Å²) >= 11 is 0. The molecule has 0 aliphatic carbocycles. The molecular formula is C18H17F3N2O4. The maximum atomic E-state index is 13.5. The number of carbonyl (C=O) groups is 2. The number of methoxy groups -OCH3 is 1. The van der Waals surface area contributed by atoms with Crippen molar-refractivity contribution < 1.29 is 32.2 Å². The van der Waals surface area contributed by atoms with E-state index >= 15 is 0 Å². The third-order valence-corrected chi connectivity index (χ3v) is 3.49. The normalized spacial score (nSPS) is 10.4. The van der Waals surface area contributed by atoms with Crippen molar-refractivity contribution in [3.63, 3.8) is 0 Å². The Morgan fingerprint density at radius 2 is 1.81 bits per heavy atom. The van der Waals surface area contributed by atoms with Crippen LogP contribution in [0.4, 0.5) is 13.2 Å². The lowest BCUT2D eigenvalue weighted by Gasteiger charge is -2.11. The minimum absolute atomic E-state index is 0.0190. The van der Waals surface area contributed by atoms with Gasteiger partial charge in [0.2, 0.25) is 5.91 Å². The van der Waals surface area contributed by atoms with E-state index in [4.69, 9.17) is 4.74 Å². The van der Waals surface area contributed by atoms with Crippen LogP contribution in [0.2, 0.25) is 0 Å². The van der Waals surface area contributed by atoms with Crippen LogP contribution >= 0.6 is 0 Å². The van der Waals surface area contributed by atoms with Crippen LogP contribution in [0, 0.1) is 5.82 Å². The van der Waals surface area contributed by atoms with E-state index in [1.54, 1.807) is 6.07 Å². The summed E-state index contributed by atoms with van der Waals surface area (Å²) in [5, 5.41) is 4.85. The maximum Gasteiger partial charge on any atom is 0.387 e. The molecule has 0 aliphatic rings. The standard InChI is InChI=1S/C18H17F3N2O4/c1-26-15-8-11(6-7-14(15)27-18(20)21)17(25)23-10-16(24)22-9-12-4-2-3-5-13(12)19/h2-8,18H,9-10H2,1H3,(H,22,24)(H,23,25). The monoisotopic (exact) mass is 382 g/mol. The number of benzene rings is 2. The number of alkyl halides is 2. The summed E-state index contributed by atoms with van der Waals surface area (Å²) < 4.78 is 47.2. The van der Waals surface area contributed by atoms with Crippen molar-refractivity contribution in [2.45, 2.75) is 13.2 Å². The number of nitrogens with one attached hydrogen (secondary N) is 2. The van der Waals surface area contributed by atoms with Crippen molar-refractivity contribution >= 4 is 11.8 Å². The van der Waals surface area contributed by atoms with Crippen LogP contribution < -0.4 is 20.1 Å². The molecule has 0 aromatic heterocycles. The van der Waals surface area contributed by atoms with Crippen molar-refractivity contribution in [3.8, 4) is 11.5 Å². The first-order valence-electron chi connectivity index (χ1n) is 7.82. The lowest BCUT2D eigenvalue weighted by Crippen LogP contribution is -2.36. The molecule has 6 nitrogen and oxygen atoms in total. The lowest BCUT2D eigenvalue weighted by molar-refractivity contribution is -0.120. The summed E-state index contributed by atoms with van der Waals surface area (Å²) in [7, 11) is 1.24. The number of halogens is 3. The van der Waals surface area contributed by atoms with Crippen LogP contribution in [0.1, 0.15) is 15.9 Å². The smallest absolute Gasteiger partial charge is 0.387 e. The molecule has 0 atom stereocenters. The molecule has 0 aliphatic heterocycles. The number of hydrogen-bond acceptors (Lipinski definition) is 4. The highest BCUT2D eigenvalue weighted by Crippen LogP contribution is 2.29. The fourth-order valence-electron chi connectivity index (χ4n) is 2.16. The van der Waals surface area contributed by atoms with E-state index in [-0.39, 0.29) is 30.2 Å². The third-order valence-electron chi connectivity index (χ3n) is 3.49. The number of ether oxygens (including phenoxy) is 2. The molecule has 0 saturated heterocycles. The molecule has 2 N–H and O–H groups in total. The van der Waals surface area contributed by atoms with Crippen LogP contribution in [0.15, 0.2) is 42.5 Å². The third kappa shape index (κ3) is 5.91. The molecular weight excluding hydrogens is 365 g/mol. The molecule has 0 spiro atoms. The van der Waals surface area contributed by atoms with E-state index in [1.165, 1.54) is 37.4 Å². The van der Waals surface area contributed by atoms with E-state index in [0.717, 1.165) is 6.07 Å². The zero-order valence-electron chi connectivity index (χ0n) is 14.3.